The summed E-state index contributed by atoms with van der Waals surface area (Å²) in [7, 11) is -3.27. The van der Waals surface area contributed by atoms with Crippen LogP contribution in [0.2, 0.25) is 0 Å². The molecule has 5 rings (SSSR count). The first-order chi connectivity index (χ1) is 23.5. The minimum absolute atomic E-state index is 0.0340. The van der Waals surface area contributed by atoms with Crippen LogP contribution in [0.3, 0.4) is 0 Å². The lowest BCUT2D eigenvalue weighted by Gasteiger charge is -2.19. The van der Waals surface area contributed by atoms with Crippen LogP contribution in [-0.4, -0.2) is 67.6 Å². The molecule has 17 heteroatoms. The number of hydrogen-bond acceptors (Lipinski definition) is 12. The molecule has 3 N–H and O–H groups in total. The Labute approximate surface area is 281 Å². The molecule has 1 aliphatic rings. The normalized spacial score (nSPS) is 13.0. The van der Waals surface area contributed by atoms with Crippen LogP contribution in [0.1, 0.15) is 63.6 Å². The van der Waals surface area contributed by atoms with Crippen molar-refractivity contribution in [1.82, 2.24) is 24.8 Å². The second kappa shape index (κ2) is 15.7. The first kappa shape index (κ1) is 35.0. The van der Waals surface area contributed by atoms with Gasteiger partial charge >= 0.3 is 20.3 Å². The number of ether oxygens (including phenoxy) is 2. The van der Waals surface area contributed by atoms with Gasteiger partial charge in [0, 0.05) is 30.0 Å². The molecular weight excluding hydrogens is 659 g/mol. The van der Waals surface area contributed by atoms with Crippen molar-refractivity contribution >= 4 is 49.2 Å². The van der Waals surface area contributed by atoms with E-state index in [0.717, 1.165) is 23.3 Å². The zero-order valence-electron chi connectivity index (χ0n) is 26.9. The Morgan fingerprint density at radius 3 is 2.53 bits per heavy atom. The predicted octanol–water partition coefficient (Wildman–Crippen LogP) is 4.41. The van der Waals surface area contributed by atoms with E-state index in [0.29, 0.717) is 40.1 Å². The molecule has 1 atom stereocenters. The van der Waals surface area contributed by atoms with Gasteiger partial charge in [0.2, 0.25) is 6.79 Å². The Morgan fingerprint density at radius 2 is 1.84 bits per heavy atom. The number of amides is 3. The van der Waals surface area contributed by atoms with Crippen LogP contribution in [0, 0.1) is 13.8 Å². The number of hydrogen-bond donors (Lipinski definition) is 3. The first-order valence-electron chi connectivity index (χ1n) is 15.4. The number of nitrogens with zero attached hydrogens (tertiary/aromatic N) is 4. The van der Waals surface area contributed by atoms with E-state index >= 15 is 0 Å². The lowest BCUT2D eigenvalue weighted by Crippen LogP contribution is -2.38. The molecule has 2 aromatic heterocycles. The van der Waals surface area contributed by atoms with E-state index in [1.165, 1.54) is 41.3 Å². The van der Waals surface area contributed by atoms with Gasteiger partial charge in [-0.1, -0.05) is 25.1 Å². The van der Waals surface area contributed by atoms with E-state index in [1.54, 1.807) is 26.0 Å². The highest BCUT2D eigenvalue weighted by Crippen LogP contribution is 2.29. The van der Waals surface area contributed by atoms with Gasteiger partial charge in [0.05, 0.1) is 12.0 Å². The fourth-order valence-electron chi connectivity index (χ4n) is 4.82. The predicted molar refractivity (Wildman–Crippen MR) is 175 cm³/mol. The van der Waals surface area contributed by atoms with E-state index in [1.807, 2.05) is 13.0 Å². The van der Waals surface area contributed by atoms with E-state index in [-0.39, 0.29) is 36.2 Å². The molecule has 1 saturated carbocycles. The molecule has 2 heterocycles. The minimum atomic E-state index is -3.27. The van der Waals surface area contributed by atoms with Gasteiger partial charge in [-0.05, 0) is 74.1 Å². The average molecular weight is 695 g/mol. The maximum absolute atomic E-state index is 13.7. The average Bonchev–Trinajstić information content (AvgIpc) is 3.83. The van der Waals surface area contributed by atoms with Crippen LogP contribution in [0.4, 0.5) is 16.3 Å². The third-order valence-corrected chi connectivity index (χ3v) is 7.74. The van der Waals surface area contributed by atoms with E-state index in [4.69, 9.17) is 14.4 Å². The van der Waals surface area contributed by atoms with Gasteiger partial charge in [-0.2, -0.15) is 5.10 Å². The topological polar surface area (TPSA) is 200 Å². The second-order valence-corrected chi connectivity index (χ2v) is 11.9. The van der Waals surface area contributed by atoms with Gasteiger partial charge in [-0.3, -0.25) is 18.9 Å². The Hall–Kier alpha value is -5.31. The van der Waals surface area contributed by atoms with Gasteiger partial charge in [0.15, 0.2) is 11.6 Å². The molecule has 16 nitrogen and oxygen atoms in total. The highest BCUT2D eigenvalue weighted by molar-refractivity contribution is 7.31. The molecule has 1 aliphatic carbocycles. The Kier molecular flexibility index (Phi) is 11.2. The smallest absolute Gasteiger partial charge is 0.419 e. The molecule has 1 unspecified atom stereocenters. The summed E-state index contributed by atoms with van der Waals surface area (Å²) in [5, 5.41) is 10.5. The fourth-order valence-corrected chi connectivity index (χ4v) is 4.99. The highest BCUT2D eigenvalue weighted by Gasteiger charge is 2.28. The van der Waals surface area contributed by atoms with Gasteiger partial charge in [0.1, 0.15) is 11.8 Å². The van der Waals surface area contributed by atoms with Crippen molar-refractivity contribution in [3.8, 4) is 5.75 Å². The van der Waals surface area contributed by atoms with Crippen molar-refractivity contribution in [2.24, 2.45) is 0 Å². The number of fused-ring (bicyclic) bond motifs is 1. The molecule has 0 aliphatic heterocycles. The van der Waals surface area contributed by atoms with Crippen molar-refractivity contribution in [2.45, 2.75) is 52.5 Å². The zero-order chi connectivity index (χ0) is 35.1. The number of nitrogens with one attached hydrogen (secondary N) is 2. The summed E-state index contributed by atoms with van der Waals surface area (Å²) >= 11 is 0. The number of imide groups is 1. The summed E-state index contributed by atoms with van der Waals surface area (Å²) in [5.41, 5.74) is 3.73. The largest absolute Gasteiger partial charge is 0.428 e. The molecule has 49 heavy (non-hydrogen) atoms. The van der Waals surface area contributed by atoms with Crippen LogP contribution < -0.4 is 15.5 Å². The van der Waals surface area contributed by atoms with E-state index < -0.39 is 33.0 Å². The van der Waals surface area contributed by atoms with Crippen molar-refractivity contribution in [1.29, 1.82) is 0 Å². The molecule has 2 aromatic carbocycles. The molecule has 0 saturated heterocycles. The molecule has 258 valence electrons. The number of aryl methyl sites for hydroxylation is 2. The number of carbonyl (C=O) groups is 4. The fraction of sp³-hybridized carbons (Fsp3) is 0.312. The minimum Gasteiger partial charge on any atom is -0.428 e. The number of aromatic nitrogens is 3. The van der Waals surface area contributed by atoms with Gasteiger partial charge in [-0.25, -0.2) is 19.2 Å². The lowest BCUT2D eigenvalue weighted by molar-refractivity contribution is -0.151. The lowest BCUT2D eigenvalue weighted by atomic mass is 10.1. The summed E-state index contributed by atoms with van der Waals surface area (Å²) in [6, 6.07) is 11.4. The van der Waals surface area contributed by atoms with Gasteiger partial charge < -0.3 is 29.9 Å². The summed E-state index contributed by atoms with van der Waals surface area (Å²) < 4.78 is 26.4. The summed E-state index contributed by atoms with van der Waals surface area (Å²) in [6.07, 6.45) is 4.04. The molecule has 0 bridgehead atoms. The molecular formula is C32H35N6O10P. The SMILES string of the molecule is CCCN(C(=O)OCOC(=O)Cc1ccc(OO[PH](=O)O)cc1)C(=O)c1cn2ncnc(Nc3cc(C(=O)NC4CC4)ccc3C)c2c1C. The standard InChI is InChI=1S/C32H35N6O10P/c1-4-13-37(32(42)46-18-45-27(39)14-21-6-11-24(12-7-21)47-48-49(43)44)31(41)25-16-38-28(20(25)3)29(33-17-34-38)36-26-15-22(8-5-19(26)2)30(40)35-23-9-10-23/h5-8,11-12,15-17,23,49H,4,9-10,13-14,18H2,1-3H3,(H,35,40)(H,43,44)(H,33,34,36). The molecule has 0 spiro atoms. The van der Waals surface area contributed by atoms with Gasteiger partial charge in [0.25, 0.3) is 11.8 Å². The van der Waals surface area contributed by atoms with E-state index in [2.05, 4.69) is 30.3 Å². The Morgan fingerprint density at radius 1 is 1.08 bits per heavy atom. The maximum atomic E-state index is 13.7. The number of carbonyl (C=O) groups excluding carboxylic acids is 4. The monoisotopic (exact) mass is 694 g/mol. The number of anilines is 2. The number of esters is 1. The third-order valence-electron chi connectivity index (χ3n) is 7.52. The molecule has 0 radical (unpaired) electrons. The Bertz CT molecular complexity index is 1890. The van der Waals surface area contributed by atoms with Crippen LogP contribution in [-0.2, 0) is 29.9 Å². The quantitative estimate of drug-likeness (QED) is 0.0552. The summed E-state index contributed by atoms with van der Waals surface area (Å²) in [4.78, 5) is 70.3. The Balaban J connectivity index is 1.23. The molecule has 1 fully saturated rings. The third kappa shape index (κ3) is 8.99. The van der Waals surface area contributed by atoms with Crippen molar-refractivity contribution in [3.63, 3.8) is 0 Å². The van der Waals surface area contributed by atoms with Crippen LogP contribution >= 0.6 is 8.25 Å². The first-order valence-corrected chi connectivity index (χ1v) is 16.6. The molecule has 4 aromatic rings. The van der Waals surface area contributed by atoms with Crippen molar-refractivity contribution < 1.29 is 47.7 Å². The summed E-state index contributed by atoms with van der Waals surface area (Å²) in [6.45, 7) is 4.70. The van der Waals surface area contributed by atoms with Crippen LogP contribution in [0.15, 0.2) is 55.0 Å². The van der Waals surface area contributed by atoms with Crippen LogP contribution in [0.5, 0.6) is 5.75 Å². The molecule has 3 amide bonds. The van der Waals surface area contributed by atoms with Gasteiger partial charge in [-0.15, -0.1) is 4.67 Å². The van der Waals surface area contributed by atoms with Crippen molar-refractivity contribution in [3.05, 3.63) is 82.8 Å². The van der Waals surface area contributed by atoms with Crippen LogP contribution in [0.25, 0.3) is 5.52 Å². The zero-order valence-corrected chi connectivity index (χ0v) is 27.9. The van der Waals surface area contributed by atoms with Crippen molar-refractivity contribution in [2.75, 3.05) is 18.7 Å². The second-order valence-electron chi connectivity index (χ2n) is 11.2. The van der Waals surface area contributed by atoms with E-state index in [9.17, 15) is 23.7 Å². The number of rotatable bonds is 14. The maximum Gasteiger partial charge on any atom is 0.419 e. The highest BCUT2D eigenvalue weighted by atomic mass is 31.1. The summed E-state index contributed by atoms with van der Waals surface area (Å²) in [5.74, 6) is -0.955. The number of benzene rings is 2.